The predicted molar refractivity (Wildman–Crippen MR) is 140 cm³/mol. The Morgan fingerprint density at radius 1 is 0.871 bits per heavy atom. The van der Waals surface area contributed by atoms with E-state index >= 15 is 0 Å². The van der Waals surface area contributed by atoms with Crippen LogP contribution in [0.4, 0.5) is 0 Å². The Bertz CT molecular complexity index is 542. The zero-order valence-corrected chi connectivity index (χ0v) is 22.9. The van der Waals surface area contributed by atoms with E-state index in [1.54, 1.807) is 6.42 Å². The van der Waals surface area contributed by atoms with Gasteiger partial charge in [-0.25, -0.2) is 0 Å². The maximum Gasteiger partial charge on any atom is -0.00853 e. The van der Waals surface area contributed by atoms with Gasteiger partial charge in [-0.2, -0.15) is 0 Å². The Kier molecular flexibility index (Phi) is 10.7. The van der Waals surface area contributed by atoms with E-state index in [2.05, 4.69) is 33.8 Å². The molecule has 3 fully saturated rings. The van der Waals surface area contributed by atoms with Crippen LogP contribution in [0, 0.1) is 40.4 Å². The summed E-state index contributed by atoms with van der Waals surface area (Å²) < 4.78 is 0. The van der Waals surface area contributed by atoms with Gasteiger partial charge in [0.25, 0.3) is 0 Å². The summed E-state index contributed by atoms with van der Waals surface area (Å²) in [7, 11) is 0. The quantitative estimate of drug-likeness (QED) is 0.300. The van der Waals surface area contributed by atoms with Crippen molar-refractivity contribution in [3.8, 4) is 0 Å². The van der Waals surface area contributed by atoms with Crippen LogP contribution >= 0.6 is 0 Å². The summed E-state index contributed by atoms with van der Waals surface area (Å²) in [6, 6.07) is 0. The smallest absolute Gasteiger partial charge is 0.00853 e. The Labute approximate surface area is 197 Å². The van der Waals surface area contributed by atoms with E-state index in [9.17, 15) is 0 Å². The van der Waals surface area contributed by atoms with E-state index in [1.807, 2.05) is 33.3 Å². The maximum absolute atomic E-state index is 2.75. The molecule has 182 valence electrons. The maximum atomic E-state index is 2.75. The highest BCUT2D eigenvalue weighted by molar-refractivity contribution is 5.24. The number of hydrogen-bond donors (Lipinski definition) is 0. The highest BCUT2D eigenvalue weighted by Gasteiger charge is 2.56. The molecular weight excluding hydrogens is 372 g/mol. The predicted octanol–water partition coefficient (Wildman–Crippen LogP) is 10.6. The van der Waals surface area contributed by atoms with Gasteiger partial charge < -0.3 is 0 Å². The van der Waals surface area contributed by atoms with Crippen LogP contribution < -0.4 is 0 Å². The van der Waals surface area contributed by atoms with Gasteiger partial charge in [0.05, 0.1) is 0 Å². The Balaban J connectivity index is 0.000000807. The molecule has 0 amide bonds. The van der Waals surface area contributed by atoms with E-state index in [-0.39, 0.29) is 0 Å². The average Bonchev–Trinajstić information content (AvgIpc) is 2.78. The van der Waals surface area contributed by atoms with Crippen molar-refractivity contribution in [1.29, 1.82) is 0 Å². The third-order valence-corrected chi connectivity index (χ3v) is 10.0. The van der Waals surface area contributed by atoms with Gasteiger partial charge >= 0.3 is 0 Å². The molecule has 0 aromatic heterocycles. The van der Waals surface area contributed by atoms with E-state index < -0.39 is 0 Å². The molecule has 0 aromatic rings. The summed E-state index contributed by atoms with van der Waals surface area (Å²) >= 11 is 0. The highest BCUT2D eigenvalue weighted by Crippen LogP contribution is 2.65. The van der Waals surface area contributed by atoms with Crippen LogP contribution in [0.25, 0.3) is 0 Å². The van der Waals surface area contributed by atoms with Crippen LogP contribution in [0.5, 0.6) is 0 Å². The average molecular weight is 431 g/mol. The summed E-state index contributed by atoms with van der Waals surface area (Å²) in [6.07, 6.45) is 23.6. The normalized spacial score (nSPS) is 38.9. The molecular formula is C31H58. The lowest BCUT2D eigenvalue weighted by Crippen LogP contribution is -2.53. The molecule has 0 N–H and O–H groups in total. The Morgan fingerprint density at radius 3 is 2.32 bits per heavy atom. The fraction of sp³-hybridized carbons (Fsp3) is 0.935. The molecule has 0 aliphatic heterocycles. The molecule has 0 bridgehead atoms. The fourth-order valence-corrected chi connectivity index (χ4v) is 8.43. The largest absolute Gasteiger partial charge is 0.0845 e. The van der Waals surface area contributed by atoms with Crippen molar-refractivity contribution >= 4 is 0 Å². The van der Waals surface area contributed by atoms with E-state index in [4.69, 9.17) is 0 Å². The van der Waals surface area contributed by atoms with Gasteiger partial charge in [0, 0.05) is 0 Å². The SMILES string of the molecule is CC.CC.CC(C)CCCCC1CCCC2C3CC=C4CCCCC4(C)C3CCC12C. The molecule has 4 aliphatic carbocycles. The third-order valence-electron chi connectivity index (χ3n) is 10.0. The van der Waals surface area contributed by atoms with Gasteiger partial charge in [0.2, 0.25) is 0 Å². The van der Waals surface area contributed by atoms with Crippen molar-refractivity contribution in [2.75, 3.05) is 0 Å². The molecule has 4 rings (SSSR count). The van der Waals surface area contributed by atoms with Crippen molar-refractivity contribution in [2.24, 2.45) is 40.4 Å². The molecule has 4 aliphatic rings. The van der Waals surface area contributed by atoms with E-state index in [0.717, 1.165) is 29.6 Å². The number of fused-ring (bicyclic) bond motifs is 5. The van der Waals surface area contributed by atoms with Crippen LogP contribution in [0.2, 0.25) is 0 Å². The van der Waals surface area contributed by atoms with Crippen molar-refractivity contribution in [3.05, 3.63) is 11.6 Å². The highest BCUT2D eigenvalue weighted by atomic mass is 14.6. The van der Waals surface area contributed by atoms with Gasteiger partial charge in [-0.3, -0.25) is 0 Å². The van der Waals surface area contributed by atoms with Gasteiger partial charge in [0.1, 0.15) is 0 Å². The molecule has 0 radical (unpaired) electrons. The second-order valence-corrected chi connectivity index (χ2v) is 11.8. The molecule has 0 spiro atoms. The zero-order chi connectivity index (χ0) is 23.1. The lowest BCUT2D eigenvalue weighted by atomic mass is 9.43. The fourth-order valence-electron chi connectivity index (χ4n) is 8.43. The minimum absolute atomic E-state index is 0.576. The topological polar surface area (TPSA) is 0 Å². The number of rotatable bonds is 5. The third kappa shape index (κ3) is 5.63. The first kappa shape index (κ1) is 27.0. The van der Waals surface area contributed by atoms with Crippen LogP contribution in [-0.2, 0) is 0 Å². The first-order valence-electron chi connectivity index (χ1n) is 14.6. The van der Waals surface area contributed by atoms with E-state index in [1.165, 1.54) is 83.5 Å². The number of hydrogen-bond acceptors (Lipinski definition) is 0. The lowest BCUT2D eigenvalue weighted by Gasteiger charge is -2.61. The summed E-state index contributed by atoms with van der Waals surface area (Å²) in [4.78, 5) is 0. The molecule has 0 aromatic carbocycles. The minimum Gasteiger partial charge on any atom is -0.0845 e. The first-order valence-corrected chi connectivity index (χ1v) is 14.6. The Morgan fingerprint density at radius 2 is 1.61 bits per heavy atom. The van der Waals surface area contributed by atoms with Crippen molar-refractivity contribution in [1.82, 2.24) is 0 Å². The molecule has 0 heterocycles. The summed E-state index contributed by atoms with van der Waals surface area (Å²) in [5, 5.41) is 0. The van der Waals surface area contributed by atoms with Crippen molar-refractivity contribution in [2.45, 2.75) is 145 Å². The van der Waals surface area contributed by atoms with Crippen molar-refractivity contribution < 1.29 is 0 Å². The zero-order valence-electron chi connectivity index (χ0n) is 22.9. The monoisotopic (exact) mass is 430 g/mol. The van der Waals surface area contributed by atoms with Gasteiger partial charge in [-0.1, -0.05) is 99.1 Å². The molecule has 0 heteroatoms. The molecule has 0 saturated heterocycles. The number of unbranched alkanes of at least 4 members (excludes halogenated alkanes) is 1. The van der Waals surface area contributed by atoms with Gasteiger partial charge in [-0.05, 0) is 98.2 Å². The standard InChI is InChI=1S/C27H46.2C2H6/c1-20(2)10-5-6-11-21-13-9-14-24-23-16-15-22-12-7-8-18-26(22,3)25(23)17-19-27(21,24)4;2*1-2/h15,20-21,23-25H,5-14,16-19H2,1-4H3;2*1-2H3. The van der Waals surface area contributed by atoms with Gasteiger partial charge in [-0.15, -0.1) is 0 Å². The summed E-state index contributed by atoms with van der Waals surface area (Å²) in [5.74, 6) is 4.95. The summed E-state index contributed by atoms with van der Waals surface area (Å²) in [6.45, 7) is 18.2. The second kappa shape index (κ2) is 12.3. The minimum atomic E-state index is 0.576. The lowest BCUT2D eigenvalue weighted by molar-refractivity contribution is -0.0952. The molecule has 31 heavy (non-hydrogen) atoms. The van der Waals surface area contributed by atoms with Crippen LogP contribution in [-0.4, -0.2) is 0 Å². The van der Waals surface area contributed by atoms with Crippen LogP contribution in [0.3, 0.4) is 0 Å². The first-order chi connectivity index (χ1) is 14.9. The molecule has 0 nitrogen and oxygen atoms in total. The van der Waals surface area contributed by atoms with Gasteiger partial charge in [0.15, 0.2) is 0 Å². The number of allylic oxidation sites excluding steroid dienone is 2. The van der Waals surface area contributed by atoms with Crippen molar-refractivity contribution in [3.63, 3.8) is 0 Å². The van der Waals surface area contributed by atoms with E-state index in [0.29, 0.717) is 10.8 Å². The molecule has 6 atom stereocenters. The molecule has 6 unspecified atom stereocenters. The molecule has 3 saturated carbocycles. The summed E-state index contributed by atoms with van der Waals surface area (Å²) in [5.41, 5.74) is 3.11. The Hall–Kier alpha value is -0.260. The van der Waals surface area contributed by atoms with Crippen LogP contribution in [0.1, 0.15) is 145 Å². The van der Waals surface area contributed by atoms with Crippen LogP contribution in [0.15, 0.2) is 11.6 Å². The second-order valence-electron chi connectivity index (χ2n) is 11.8.